The summed E-state index contributed by atoms with van der Waals surface area (Å²) in [6.45, 7) is 0. The molecule has 0 radical (unpaired) electrons. The minimum absolute atomic E-state index is 0.662. The second kappa shape index (κ2) is 2.01. The van der Waals surface area contributed by atoms with Crippen LogP contribution >= 0.6 is 0 Å². The van der Waals surface area contributed by atoms with Crippen LogP contribution in [-0.2, 0) is 0 Å². The van der Waals surface area contributed by atoms with E-state index in [1.54, 1.807) is 0 Å². The summed E-state index contributed by atoms with van der Waals surface area (Å²) < 4.78 is 0. The first-order valence-corrected chi connectivity index (χ1v) is 3.66. The fourth-order valence-electron chi connectivity index (χ4n) is 1.51. The zero-order valence-corrected chi connectivity index (χ0v) is 6.12. The number of fused-ring (bicyclic) bond motifs is 1. The molecular weight excluding hydrogens is 122 g/mol. The summed E-state index contributed by atoms with van der Waals surface area (Å²) in [5, 5.41) is 0. The van der Waals surface area contributed by atoms with Gasteiger partial charge in [0.2, 0.25) is 0 Å². The van der Waals surface area contributed by atoms with Crippen LogP contribution in [0.25, 0.3) is 0 Å². The van der Waals surface area contributed by atoms with E-state index in [-0.39, 0.29) is 0 Å². The number of hydrogen-bond acceptors (Lipinski definition) is 1. The summed E-state index contributed by atoms with van der Waals surface area (Å²) in [6.07, 6.45) is 12.1. The number of allylic oxidation sites excluding steroid dienone is 4. The van der Waals surface area contributed by atoms with Gasteiger partial charge in [-0.2, -0.15) is 0 Å². The van der Waals surface area contributed by atoms with Crippen molar-refractivity contribution in [3.63, 3.8) is 0 Å². The van der Waals surface area contributed by atoms with Gasteiger partial charge in [0, 0.05) is 24.9 Å². The van der Waals surface area contributed by atoms with Crippen molar-refractivity contribution in [1.29, 1.82) is 0 Å². The highest BCUT2D eigenvalue weighted by Gasteiger charge is 2.19. The molecule has 0 amide bonds. The molecule has 0 aromatic heterocycles. The van der Waals surface area contributed by atoms with Gasteiger partial charge in [-0.25, -0.2) is 0 Å². The summed E-state index contributed by atoms with van der Waals surface area (Å²) in [7, 11) is 2.10. The molecule has 0 N–H and O–H groups in total. The van der Waals surface area contributed by atoms with Crippen LogP contribution in [0.4, 0.5) is 0 Å². The van der Waals surface area contributed by atoms with Crippen molar-refractivity contribution in [2.24, 2.45) is 5.92 Å². The Morgan fingerprint density at radius 1 is 1.60 bits per heavy atom. The molecule has 52 valence electrons. The van der Waals surface area contributed by atoms with E-state index < -0.39 is 0 Å². The van der Waals surface area contributed by atoms with E-state index in [0.717, 1.165) is 0 Å². The van der Waals surface area contributed by atoms with Gasteiger partial charge in [-0.15, -0.1) is 0 Å². The highest BCUT2D eigenvalue weighted by molar-refractivity contribution is 5.29. The summed E-state index contributed by atoms with van der Waals surface area (Å²) in [6, 6.07) is 0. The van der Waals surface area contributed by atoms with Crippen LogP contribution in [0.1, 0.15) is 6.42 Å². The molecule has 1 aliphatic carbocycles. The summed E-state index contributed by atoms with van der Waals surface area (Å²) in [4.78, 5) is 2.19. The van der Waals surface area contributed by atoms with Crippen molar-refractivity contribution in [3.05, 3.63) is 36.2 Å². The molecule has 0 saturated carbocycles. The third kappa shape index (κ3) is 0.703. The smallest absolute Gasteiger partial charge is 0.0243 e. The van der Waals surface area contributed by atoms with E-state index in [1.165, 1.54) is 12.1 Å². The number of nitrogens with zero attached hydrogens (tertiary/aromatic N) is 1. The Morgan fingerprint density at radius 3 is 3.30 bits per heavy atom. The van der Waals surface area contributed by atoms with Crippen molar-refractivity contribution >= 4 is 0 Å². The molecule has 0 spiro atoms. The standard InChI is InChI=1S/C9H11N/c1-10-7-6-8-4-2-3-5-9(8)10/h2-3,5-8H,4H2,1H3. The van der Waals surface area contributed by atoms with Gasteiger partial charge in [0.05, 0.1) is 0 Å². The van der Waals surface area contributed by atoms with Crippen LogP contribution in [-0.4, -0.2) is 11.9 Å². The maximum Gasteiger partial charge on any atom is 0.0243 e. The Morgan fingerprint density at radius 2 is 2.50 bits per heavy atom. The van der Waals surface area contributed by atoms with E-state index in [1.807, 2.05) is 0 Å². The molecule has 0 fully saturated rings. The molecular formula is C9H11N. The molecule has 1 unspecified atom stereocenters. The molecule has 10 heavy (non-hydrogen) atoms. The quantitative estimate of drug-likeness (QED) is 0.488. The Balaban J connectivity index is 2.32. The highest BCUT2D eigenvalue weighted by atomic mass is 15.1. The largest absolute Gasteiger partial charge is 0.354 e. The van der Waals surface area contributed by atoms with Crippen molar-refractivity contribution < 1.29 is 0 Å². The van der Waals surface area contributed by atoms with Crippen molar-refractivity contribution in [2.75, 3.05) is 7.05 Å². The lowest BCUT2D eigenvalue weighted by molar-refractivity contribution is 0.534. The predicted octanol–water partition coefficient (Wildman–Crippen LogP) is 1.91. The third-order valence-corrected chi connectivity index (χ3v) is 2.12. The van der Waals surface area contributed by atoms with Gasteiger partial charge in [0.25, 0.3) is 0 Å². The average molecular weight is 133 g/mol. The second-order valence-corrected chi connectivity index (χ2v) is 2.81. The number of hydrogen-bond donors (Lipinski definition) is 0. The first kappa shape index (κ1) is 5.78. The van der Waals surface area contributed by atoms with E-state index in [0.29, 0.717) is 5.92 Å². The van der Waals surface area contributed by atoms with Crippen LogP contribution in [0, 0.1) is 5.92 Å². The van der Waals surface area contributed by atoms with Crippen molar-refractivity contribution in [3.8, 4) is 0 Å². The van der Waals surface area contributed by atoms with Gasteiger partial charge < -0.3 is 4.90 Å². The highest BCUT2D eigenvalue weighted by Crippen LogP contribution is 2.29. The van der Waals surface area contributed by atoms with Gasteiger partial charge in [0.1, 0.15) is 0 Å². The molecule has 0 aromatic rings. The number of rotatable bonds is 0. The Labute approximate surface area is 61.3 Å². The Bertz CT molecular complexity index is 223. The van der Waals surface area contributed by atoms with E-state index in [4.69, 9.17) is 0 Å². The fraction of sp³-hybridized carbons (Fsp3) is 0.333. The van der Waals surface area contributed by atoms with Crippen LogP contribution in [0.3, 0.4) is 0 Å². The Kier molecular flexibility index (Phi) is 1.16. The second-order valence-electron chi connectivity index (χ2n) is 2.81. The first-order valence-electron chi connectivity index (χ1n) is 3.66. The molecule has 0 aromatic carbocycles. The van der Waals surface area contributed by atoms with Gasteiger partial charge in [-0.05, 0) is 12.5 Å². The maximum atomic E-state index is 2.26. The molecule has 1 heteroatoms. The van der Waals surface area contributed by atoms with Gasteiger partial charge >= 0.3 is 0 Å². The van der Waals surface area contributed by atoms with E-state index in [2.05, 4.69) is 42.5 Å². The van der Waals surface area contributed by atoms with Crippen LogP contribution in [0.5, 0.6) is 0 Å². The molecule has 0 saturated heterocycles. The lowest BCUT2D eigenvalue weighted by Crippen LogP contribution is -2.11. The van der Waals surface area contributed by atoms with Gasteiger partial charge in [-0.3, -0.25) is 0 Å². The lowest BCUT2D eigenvalue weighted by atomic mass is 9.99. The minimum atomic E-state index is 0.662. The molecule has 2 aliphatic rings. The van der Waals surface area contributed by atoms with Crippen molar-refractivity contribution in [1.82, 2.24) is 4.90 Å². The topological polar surface area (TPSA) is 3.24 Å². The molecule has 1 nitrogen and oxygen atoms in total. The minimum Gasteiger partial charge on any atom is -0.354 e. The average Bonchev–Trinajstić information content (AvgIpc) is 2.34. The lowest BCUT2D eigenvalue weighted by Gasteiger charge is -2.18. The summed E-state index contributed by atoms with van der Waals surface area (Å²) >= 11 is 0. The maximum absolute atomic E-state index is 2.26. The van der Waals surface area contributed by atoms with E-state index >= 15 is 0 Å². The Hall–Kier alpha value is -0.980. The van der Waals surface area contributed by atoms with Crippen LogP contribution in [0.15, 0.2) is 36.2 Å². The van der Waals surface area contributed by atoms with Gasteiger partial charge in [0.15, 0.2) is 0 Å². The zero-order valence-electron chi connectivity index (χ0n) is 6.12. The van der Waals surface area contributed by atoms with Crippen molar-refractivity contribution in [2.45, 2.75) is 6.42 Å². The summed E-state index contributed by atoms with van der Waals surface area (Å²) in [5.74, 6) is 0.662. The first-order chi connectivity index (χ1) is 4.88. The monoisotopic (exact) mass is 133 g/mol. The summed E-state index contributed by atoms with van der Waals surface area (Å²) in [5.41, 5.74) is 1.43. The molecule has 1 heterocycles. The molecule has 1 atom stereocenters. The normalized spacial score (nSPS) is 28.7. The molecule has 1 aliphatic heterocycles. The van der Waals surface area contributed by atoms with E-state index in [9.17, 15) is 0 Å². The molecule has 0 bridgehead atoms. The van der Waals surface area contributed by atoms with Gasteiger partial charge in [-0.1, -0.05) is 18.2 Å². The fourth-order valence-corrected chi connectivity index (χ4v) is 1.51. The van der Waals surface area contributed by atoms with Crippen LogP contribution < -0.4 is 0 Å². The van der Waals surface area contributed by atoms with Crippen LogP contribution in [0.2, 0.25) is 0 Å². The SMILES string of the molecule is CN1C=CC2CC=CC=C21. The zero-order chi connectivity index (χ0) is 6.97. The predicted molar refractivity (Wildman–Crippen MR) is 42.2 cm³/mol. The molecule has 2 rings (SSSR count). The third-order valence-electron chi connectivity index (χ3n) is 2.12.